The minimum absolute atomic E-state index is 0.128. The van der Waals surface area contributed by atoms with Crippen LogP contribution >= 0.6 is 11.3 Å². The van der Waals surface area contributed by atoms with Gasteiger partial charge in [-0.2, -0.15) is 5.10 Å². The van der Waals surface area contributed by atoms with Crippen molar-refractivity contribution in [1.82, 2.24) is 19.1 Å². The van der Waals surface area contributed by atoms with Gasteiger partial charge in [0.25, 0.3) is 11.5 Å². The molecule has 1 amide bonds. The molecule has 3 aromatic heterocycles. The molecule has 1 N–H and O–H groups in total. The number of carbonyl (C=O) groups is 2. The van der Waals surface area contributed by atoms with Crippen molar-refractivity contribution in [3.05, 3.63) is 112 Å². The van der Waals surface area contributed by atoms with E-state index in [-0.39, 0.29) is 11.2 Å². The predicted octanol–water partition coefficient (Wildman–Crippen LogP) is 4.98. The molecule has 0 aliphatic carbocycles. The van der Waals surface area contributed by atoms with E-state index in [1.54, 1.807) is 52.9 Å². The van der Waals surface area contributed by atoms with E-state index >= 15 is 0 Å². The molecule has 5 rings (SSSR count). The topological polar surface area (TPSA) is 100 Å². The maximum absolute atomic E-state index is 13.1. The van der Waals surface area contributed by atoms with Gasteiger partial charge in [0.2, 0.25) is 0 Å². The number of nitrogens with zero attached hydrogens (tertiary/aromatic N) is 4. The van der Waals surface area contributed by atoms with Crippen molar-refractivity contribution in [2.45, 2.75) is 20.0 Å². The number of amides is 1. The number of esters is 1. The van der Waals surface area contributed by atoms with Crippen LogP contribution in [0.3, 0.4) is 0 Å². The summed E-state index contributed by atoms with van der Waals surface area (Å²) in [5.74, 6) is -1.30. The number of rotatable bonds is 8. The van der Waals surface area contributed by atoms with Crippen molar-refractivity contribution in [2.75, 3.05) is 5.32 Å². The quantitative estimate of drug-likeness (QED) is 0.216. The number of aromatic nitrogens is 4. The van der Waals surface area contributed by atoms with Crippen LogP contribution in [0, 0.1) is 6.92 Å². The standard InChI is InChI=1S/C30H27N5O4S/c1-20-27(30(38)35(33(20)3)24-13-8-5-9-14-24)31-29(37)21(2)39-26(36)17-16-22-19-34(23-11-6-4-7-12-23)32-28(22)25-15-10-18-40-25/h4-19,21H,1-3H3,(H,31,37)/b17-16+/t21-/m0/s1. The largest absolute Gasteiger partial charge is 0.449 e. The van der Waals surface area contributed by atoms with Gasteiger partial charge >= 0.3 is 5.97 Å². The molecule has 10 heteroatoms. The fraction of sp³-hybridized carbons (Fsp3) is 0.133. The third kappa shape index (κ3) is 5.43. The van der Waals surface area contributed by atoms with Gasteiger partial charge in [-0.25, -0.2) is 14.2 Å². The van der Waals surface area contributed by atoms with Crippen LogP contribution in [0.5, 0.6) is 0 Å². The number of nitrogens with one attached hydrogen (secondary N) is 1. The first kappa shape index (κ1) is 26.6. The van der Waals surface area contributed by atoms with E-state index < -0.39 is 18.0 Å². The third-order valence-corrected chi connectivity index (χ3v) is 7.26. The summed E-state index contributed by atoms with van der Waals surface area (Å²) in [7, 11) is 1.73. The molecule has 40 heavy (non-hydrogen) atoms. The number of hydrogen-bond donors (Lipinski definition) is 1. The van der Waals surface area contributed by atoms with Gasteiger partial charge in [-0.3, -0.25) is 14.3 Å². The van der Waals surface area contributed by atoms with Crippen LogP contribution in [-0.2, 0) is 21.4 Å². The number of hydrogen-bond acceptors (Lipinski definition) is 6. The smallest absolute Gasteiger partial charge is 0.331 e. The first-order chi connectivity index (χ1) is 19.3. The first-order valence-corrected chi connectivity index (χ1v) is 13.4. The summed E-state index contributed by atoms with van der Waals surface area (Å²) in [6, 6.07) is 22.7. The Labute approximate surface area is 234 Å². The Kier molecular flexibility index (Phi) is 7.61. The van der Waals surface area contributed by atoms with Crippen LogP contribution in [0.4, 0.5) is 5.69 Å². The van der Waals surface area contributed by atoms with Crippen molar-refractivity contribution >= 4 is 35.0 Å². The van der Waals surface area contributed by atoms with E-state index in [2.05, 4.69) is 5.32 Å². The van der Waals surface area contributed by atoms with Gasteiger partial charge in [0.15, 0.2) is 6.10 Å². The van der Waals surface area contributed by atoms with E-state index in [4.69, 9.17) is 9.84 Å². The Hall–Kier alpha value is -4.96. The van der Waals surface area contributed by atoms with Gasteiger partial charge in [0, 0.05) is 24.9 Å². The molecule has 0 aliphatic rings. The second-order valence-corrected chi connectivity index (χ2v) is 9.98. The molecule has 0 spiro atoms. The molecule has 202 valence electrons. The third-order valence-electron chi connectivity index (χ3n) is 6.38. The number of thiophene rings is 1. The summed E-state index contributed by atoms with van der Waals surface area (Å²) >= 11 is 1.54. The van der Waals surface area contributed by atoms with E-state index in [1.165, 1.54) is 17.7 Å². The summed E-state index contributed by atoms with van der Waals surface area (Å²) in [4.78, 5) is 39.6. The number of ether oxygens (including phenoxy) is 1. The van der Waals surface area contributed by atoms with Gasteiger partial charge in [-0.1, -0.05) is 42.5 Å². The van der Waals surface area contributed by atoms with Crippen molar-refractivity contribution in [3.8, 4) is 21.9 Å². The number of carbonyl (C=O) groups excluding carboxylic acids is 2. The minimum Gasteiger partial charge on any atom is -0.449 e. The zero-order valence-electron chi connectivity index (χ0n) is 22.1. The van der Waals surface area contributed by atoms with E-state index in [1.807, 2.05) is 72.2 Å². The Morgan fingerprint density at radius 3 is 2.33 bits per heavy atom. The maximum atomic E-state index is 13.1. The summed E-state index contributed by atoms with van der Waals surface area (Å²) in [5, 5.41) is 9.30. The lowest BCUT2D eigenvalue weighted by Gasteiger charge is -2.11. The molecule has 0 bridgehead atoms. The van der Waals surface area contributed by atoms with Crippen molar-refractivity contribution in [2.24, 2.45) is 7.05 Å². The molecule has 9 nitrogen and oxygen atoms in total. The van der Waals surface area contributed by atoms with E-state index in [0.29, 0.717) is 11.4 Å². The van der Waals surface area contributed by atoms with Crippen LogP contribution in [0.1, 0.15) is 18.2 Å². The summed E-state index contributed by atoms with van der Waals surface area (Å²) < 4.78 is 10.2. The lowest BCUT2D eigenvalue weighted by molar-refractivity contribution is -0.148. The van der Waals surface area contributed by atoms with Crippen LogP contribution in [0.15, 0.2) is 95.2 Å². The number of para-hydroxylation sites is 2. The average molecular weight is 554 g/mol. The highest BCUT2D eigenvalue weighted by atomic mass is 32.1. The van der Waals surface area contributed by atoms with Gasteiger partial charge in [0.1, 0.15) is 11.4 Å². The molecule has 0 saturated heterocycles. The number of benzene rings is 2. The van der Waals surface area contributed by atoms with Crippen LogP contribution in [0.2, 0.25) is 0 Å². The fourth-order valence-corrected chi connectivity index (χ4v) is 4.92. The van der Waals surface area contributed by atoms with Gasteiger partial charge in [0.05, 0.1) is 21.9 Å². The van der Waals surface area contributed by atoms with Gasteiger partial charge < -0.3 is 10.1 Å². The van der Waals surface area contributed by atoms with E-state index in [9.17, 15) is 14.4 Å². The van der Waals surface area contributed by atoms with Crippen molar-refractivity contribution in [3.63, 3.8) is 0 Å². The Balaban J connectivity index is 1.30. The predicted molar refractivity (Wildman–Crippen MR) is 156 cm³/mol. The SMILES string of the molecule is Cc1c(NC(=O)[C@H](C)OC(=O)/C=C/c2cn(-c3ccccc3)nc2-c2cccs2)c(=O)n(-c2ccccc2)n1C. The highest BCUT2D eigenvalue weighted by Crippen LogP contribution is 2.28. The molecule has 3 heterocycles. The summed E-state index contributed by atoms with van der Waals surface area (Å²) in [6.07, 6.45) is 3.59. The zero-order valence-corrected chi connectivity index (χ0v) is 23.0. The highest BCUT2D eigenvalue weighted by molar-refractivity contribution is 7.13. The lowest BCUT2D eigenvalue weighted by atomic mass is 10.2. The van der Waals surface area contributed by atoms with E-state index in [0.717, 1.165) is 21.8 Å². The molecular weight excluding hydrogens is 526 g/mol. The molecule has 0 aliphatic heterocycles. The molecule has 0 fully saturated rings. The Bertz CT molecular complexity index is 1730. The normalized spacial score (nSPS) is 12.0. The van der Waals surface area contributed by atoms with Crippen molar-refractivity contribution < 1.29 is 14.3 Å². The monoisotopic (exact) mass is 553 g/mol. The molecule has 0 unspecified atom stereocenters. The van der Waals surface area contributed by atoms with Crippen LogP contribution < -0.4 is 10.9 Å². The fourth-order valence-electron chi connectivity index (χ4n) is 4.19. The molecule has 5 aromatic rings. The molecule has 1 atom stereocenters. The molecular formula is C30H27N5O4S. The molecule has 0 saturated carbocycles. The summed E-state index contributed by atoms with van der Waals surface area (Å²) in [5.41, 5.74) is 3.32. The first-order valence-electron chi connectivity index (χ1n) is 12.6. The zero-order chi connectivity index (χ0) is 28.2. The lowest BCUT2D eigenvalue weighted by Crippen LogP contribution is -2.31. The Morgan fingerprint density at radius 1 is 1.00 bits per heavy atom. The summed E-state index contributed by atoms with van der Waals surface area (Å²) in [6.45, 7) is 3.19. The van der Waals surface area contributed by atoms with Gasteiger partial charge in [-0.05, 0) is 55.6 Å². The van der Waals surface area contributed by atoms with Crippen molar-refractivity contribution in [1.29, 1.82) is 0 Å². The minimum atomic E-state index is -1.13. The highest BCUT2D eigenvalue weighted by Gasteiger charge is 2.23. The van der Waals surface area contributed by atoms with Crippen LogP contribution in [0.25, 0.3) is 28.0 Å². The Morgan fingerprint density at radius 2 is 1.68 bits per heavy atom. The second-order valence-electron chi connectivity index (χ2n) is 9.03. The molecule has 2 aromatic carbocycles. The maximum Gasteiger partial charge on any atom is 0.331 e. The molecule has 0 radical (unpaired) electrons. The van der Waals surface area contributed by atoms with Gasteiger partial charge in [-0.15, -0.1) is 11.3 Å². The number of anilines is 1. The van der Waals surface area contributed by atoms with Crippen LogP contribution in [-0.4, -0.2) is 37.1 Å². The average Bonchev–Trinajstić information content (AvgIpc) is 3.69. The second kappa shape index (κ2) is 11.4.